The zero-order chi connectivity index (χ0) is 15.7. The number of rotatable bonds is 3. The second-order valence-corrected chi connectivity index (χ2v) is 5.55. The molecule has 0 fully saturated rings. The number of anilines is 1. The molecule has 114 valence electrons. The molecular weight excluding hydrogens is 280 g/mol. The fourth-order valence-corrected chi connectivity index (χ4v) is 2.65. The van der Waals surface area contributed by atoms with E-state index in [1.807, 2.05) is 25.1 Å². The number of aryl methyl sites for hydroxylation is 2. The predicted octanol–water partition coefficient (Wildman–Crippen LogP) is 2.96. The van der Waals surface area contributed by atoms with Crippen LogP contribution in [-0.4, -0.2) is 11.8 Å². The van der Waals surface area contributed by atoms with Gasteiger partial charge in [0.25, 0.3) is 5.91 Å². The van der Waals surface area contributed by atoms with Crippen LogP contribution >= 0.6 is 0 Å². The first kappa shape index (κ1) is 14.4. The number of carbonyl (C=O) groups is 2. The summed E-state index contributed by atoms with van der Waals surface area (Å²) < 4.78 is 5.16. The third-order valence-corrected chi connectivity index (χ3v) is 3.98. The first-order chi connectivity index (χ1) is 10.5. The van der Waals surface area contributed by atoms with Crippen molar-refractivity contribution in [2.24, 2.45) is 0 Å². The van der Waals surface area contributed by atoms with Gasteiger partial charge in [0.1, 0.15) is 5.76 Å². The minimum Gasteiger partial charge on any atom is -0.469 e. The molecule has 1 aromatic carbocycles. The van der Waals surface area contributed by atoms with Crippen molar-refractivity contribution in [1.29, 1.82) is 0 Å². The van der Waals surface area contributed by atoms with Crippen LogP contribution in [0.1, 0.15) is 46.6 Å². The summed E-state index contributed by atoms with van der Waals surface area (Å²) >= 11 is 0. The fraction of sp³-hybridized carbons (Fsp3) is 0.294. The average Bonchev–Trinajstić information content (AvgIpc) is 2.92. The molecule has 5 nitrogen and oxygen atoms in total. The number of fused-ring (bicyclic) bond motifs is 1. The molecule has 1 aliphatic rings. The summed E-state index contributed by atoms with van der Waals surface area (Å²) in [6.07, 6.45) is 2.75. The van der Waals surface area contributed by atoms with Gasteiger partial charge in [0, 0.05) is 12.1 Å². The van der Waals surface area contributed by atoms with Crippen LogP contribution in [0.4, 0.5) is 5.69 Å². The molecule has 2 amide bonds. The molecule has 0 spiro atoms. The van der Waals surface area contributed by atoms with E-state index in [1.54, 1.807) is 13.0 Å². The lowest BCUT2D eigenvalue weighted by Gasteiger charge is -2.20. The first-order valence-corrected chi connectivity index (χ1v) is 7.32. The van der Waals surface area contributed by atoms with E-state index in [0.29, 0.717) is 17.7 Å². The Balaban J connectivity index is 1.75. The Morgan fingerprint density at radius 3 is 2.86 bits per heavy atom. The number of furan rings is 1. The van der Waals surface area contributed by atoms with Gasteiger partial charge in [-0.15, -0.1) is 0 Å². The number of nitrogens with one attached hydrogen (secondary N) is 2. The lowest BCUT2D eigenvalue weighted by Crippen LogP contribution is -2.27. The van der Waals surface area contributed by atoms with E-state index >= 15 is 0 Å². The van der Waals surface area contributed by atoms with Gasteiger partial charge in [0.2, 0.25) is 5.91 Å². The minimum absolute atomic E-state index is 0.0528. The van der Waals surface area contributed by atoms with Gasteiger partial charge in [0.05, 0.1) is 17.9 Å². The number of hydrogen-bond donors (Lipinski definition) is 2. The highest BCUT2D eigenvalue weighted by molar-refractivity contribution is 5.95. The second kappa shape index (κ2) is 5.67. The highest BCUT2D eigenvalue weighted by Gasteiger charge is 2.18. The predicted molar refractivity (Wildman–Crippen MR) is 82.7 cm³/mol. The Labute approximate surface area is 128 Å². The van der Waals surface area contributed by atoms with Crippen molar-refractivity contribution in [3.05, 3.63) is 53.0 Å². The van der Waals surface area contributed by atoms with Gasteiger partial charge in [-0.25, -0.2) is 0 Å². The molecule has 0 bridgehead atoms. The monoisotopic (exact) mass is 298 g/mol. The van der Waals surface area contributed by atoms with Crippen LogP contribution in [0.5, 0.6) is 0 Å². The van der Waals surface area contributed by atoms with Gasteiger partial charge >= 0.3 is 0 Å². The maximum Gasteiger partial charge on any atom is 0.255 e. The topological polar surface area (TPSA) is 71.3 Å². The van der Waals surface area contributed by atoms with Gasteiger partial charge in [-0.05, 0) is 43.5 Å². The van der Waals surface area contributed by atoms with Crippen molar-refractivity contribution in [3.8, 4) is 0 Å². The molecule has 1 unspecified atom stereocenters. The molecule has 5 heteroatoms. The third kappa shape index (κ3) is 2.74. The van der Waals surface area contributed by atoms with E-state index in [1.165, 1.54) is 6.26 Å². The molecule has 2 aromatic rings. The van der Waals surface area contributed by atoms with E-state index < -0.39 is 0 Å². The van der Waals surface area contributed by atoms with Crippen LogP contribution in [0, 0.1) is 6.92 Å². The van der Waals surface area contributed by atoms with E-state index in [9.17, 15) is 9.59 Å². The Hall–Kier alpha value is -2.56. The van der Waals surface area contributed by atoms with Crippen LogP contribution in [0.25, 0.3) is 0 Å². The quantitative estimate of drug-likeness (QED) is 0.915. The lowest BCUT2D eigenvalue weighted by molar-refractivity contribution is -0.116. The Morgan fingerprint density at radius 2 is 2.14 bits per heavy atom. The normalized spacial score (nSPS) is 14.9. The summed E-state index contributed by atoms with van der Waals surface area (Å²) in [5.74, 6) is 0.514. The zero-order valence-corrected chi connectivity index (χ0v) is 12.6. The third-order valence-electron chi connectivity index (χ3n) is 3.98. The second-order valence-electron chi connectivity index (χ2n) is 5.55. The molecule has 0 aliphatic carbocycles. The molecule has 0 saturated heterocycles. The summed E-state index contributed by atoms with van der Waals surface area (Å²) in [6, 6.07) is 7.41. The molecule has 22 heavy (non-hydrogen) atoms. The van der Waals surface area contributed by atoms with Crippen molar-refractivity contribution in [2.45, 2.75) is 32.7 Å². The summed E-state index contributed by atoms with van der Waals surface area (Å²) in [7, 11) is 0. The lowest BCUT2D eigenvalue weighted by atomic mass is 9.97. The van der Waals surface area contributed by atoms with Crippen LogP contribution in [0.2, 0.25) is 0 Å². The Kier molecular flexibility index (Phi) is 3.71. The van der Waals surface area contributed by atoms with E-state index in [0.717, 1.165) is 23.2 Å². The maximum atomic E-state index is 12.2. The zero-order valence-electron chi connectivity index (χ0n) is 12.6. The Morgan fingerprint density at radius 1 is 1.32 bits per heavy atom. The maximum absolute atomic E-state index is 12.2. The highest BCUT2D eigenvalue weighted by atomic mass is 16.3. The number of carbonyl (C=O) groups excluding carboxylic acids is 2. The average molecular weight is 298 g/mol. The van der Waals surface area contributed by atoms with E-state index in [-0.39, 0.29) is 17.9 Å². The van der Waals surface area contributed by atoms with Crippen molar-refractivity contribution in [2.75, 3.05) is 5.32 Å². The highest BCUT2D eigenvalue weighted by Crippen LogP contribution is 2.26. The molecule has 1 aromatic heterocycles. The summed E-state index contributed by atoms with van der Waals surface area (Å²) in [4.78, 5) is 23.6. The molecule has 1 atom stereocenters. The molecule has 0 saturated carbocycles. The van der Waals surface area contributed by atoms with Gasteiger partial charge in [-0.2, -0.15) is 0 Å². The standard InChI is InChI=1S/C17H18N2O3/c1-10(18-17(21)14-7-8-22-11(14)2)12-3-5-15-13(9-12)4-6-16(20)19-15/h3,5,7-10H,4,6H2,1-2H3,(H,18,21)(H,19,20). The number of benzene rings is 1. The van der Waals surface area contributed by atoms with Crippen molar-refractivity contribution < 1.29 is 14.0 Å². The molecular formula is C17H18N2O3. The molecule has 2 N–H and O–H groups in total. The summed E-state index contributed by atoms with van der Waals surface area (Å²) in [5.41, 5.74) is 3.54. The number of hydrogen-bond acceptors (Lipinski definition) is 3. The summed E-state index contributed by atoms with van der Waals surface area (Å²) in [6.45, 7) is 3.71. The van der Waals surface area contributed by atoms with Gasteiger partial charge < -0.3 is 15.1 Å². The van der Waals surface area contributed by atoms with Crippen LogP contribution in [0.3, 0.4) is 0 Å². The van der Waals surface area contributed by atoms with Gasteiger partial charge in [0.15, 0.2) is 0 Å². The van der Waals surface area contributed by atoms with Crippen LogP contribution in [0.15, 0.2) is 34.9 Å². The van der Waals surface area contributed by atoms with Gasteiger partial charge in [-0.3, -0.25) is 9.59 Å². The largest absolute Gasteiger partial charge is 0.469 e. The van der Waals surface area contributed by atoms with Crippen molar-refractivity contribution in [3.63, 3.8) is 0 Å². The van der Waals surface area contributed by atoms with Crippen molar-refractivity contribution >= 4 is 17.5 Å². The molecule has 1 aliphatic heterocycles. The van der Waals surface area contributed by atoms with Crippen molar-refractivity contribution in [1.82, 2.24) is 5.32 Å². The molecule has 3 rings (SSSR count). The summed E-state index contributed by atoms with van der Waals surface area (Å²) in [5, 5.41) is 5.83. The minimum atomic E-state index is -0.148. The smallest absolute Gasteiger partial charge is 0.255 e. The van der Waals surface area contributed by atoms with E-state index in [2.05, 4.69) is 10.6 Å². The van der Waals surface area contributed by atoms with E-state index in [4.69, 9.17) is 4.42 Å². The SMILES string of the molecule is Cc1occc1C(=O)NC(C)c1ccc2c(c1)CCC(=O)N2. The first-order valence-electron chi connectivity index (χ1n) is 7.32. The Bertz CT molecular complexity index is 733. The fourth-order valence-electron chi connectivity index (χ4n) is 2.65. The molecule has 2 heterocycles. The van der Waals surface area contributed by atoms with Crippen LogP contribution in [-0.2, 0) is 11.2 Å². The molecule has 0 radical (unpaired) electrons. The number of amides is 2. The van der Waals surface area contributed by atoms with Gasteiger partial charge in [-0.1, -0.05) is 12.1 Å². The van der Waals surface area contributed by atoms with Crippen LogP contribution < -0.4 is 10.6 Å².